The average Bonchev–Trinajstić information content (AvgIpc) is 2.39. The highest BCUT2D eigenvalue weighted by atomic mass is 16.6. The maximum Gasteiger partial charge on any atom is 0.313 e. The zero-order valence-corrected chi connectivity index (χ0v) is 8.99. The summed E-state index contributed by atoms with van der Waals surface area (Å²) < 4.78 is 0. The molecule has 86 valence electrons. The molecule has 0 atom stereocenters. The van der Waals surface area contributed by atoms with Gasteiger partial charge in [0.1, 0.15) is 6.20 Å². The molecular weight excluding hydrogens is 222 g/mol. The van der Waals surface area contributed by atoms with E-state index in [2.05, 4.69) is 20.3 Å². The van der Waals surface area contributed by atoms with Gasteiger partial charge in [0.25, 0.3) is 0 Å². The number of aromatic nitrogens is 3. The first kappa shape index (κ1) is 10.9. The minimum absolute atomic E-state index is 0.129. The molecule has 0 amide bonds. The van der Waals surface area contributed by atoms with Crippen LogP contribution in [0.1, 0.15) is 0 Å². The number of nitrogens with one attached hydrogen (secondary N) is 1. The number of hydrogen-bond acceptors (Lipinski definition) is 6. The number of nitro groups is 1. The van der Waals surface area contributed by atoms with Crippen LogP contribution in [0, 0.1) is 10.1 Å². The number of anilines is 1. The lowest BCUT2D eigenvalue weighted by molar-refractivity contribution is -0.384. The fraction of sp³-hybridized carbons (Fsp3) is 0.100. The van der Waals surface area contributed by atoms with E-state index in [-0.39, 0.29) is 11.4 Å². The quantitative estimate of drug-likeness (QED) is 0.635. The first-order chi connectivity index (χ1) is 8.22. The molecule has 1 N–H and O–H groups in total. The van der Waals surface area contributed by atoms with Crippen molar-refractivity contribution in [1.82, 2.24) is 15.0 Å². The van der Waals surface area contributed by atoms with Gasteiger partial charge in [-0.1, -0.05) is 0 Å². The summed E-state index contributed by atoms with van der Waals surface area (Å²) >= 11 is 0. The van der Waals surface area contributed by atoms with Crippen molar-refractivity contribution < 1.29 is 4.92 Å². The Morgan fingerprint density at radius 3 is 2.65 bits per heavy atom. The van der Waals surface area contributed by atoms with Crippen LogP contribution in [0.15, 0.2) is 30.7 Å². The van der Waals surface area contributed by atoms with Gasteiger partial charge in [-0.05, 0) is 12.1 Å². The molecule has 0 aliphatic rings. The third-order valence-corrected chi connectivity index (χ3v) is 2.14. The van der Waals surface area contributed by atoms with Crippen LogP contribution >= 0.6 is 0 Å². The lowest BCUT2D eigenvalue weighted by atomic mass is 10.2. The van der Waals surface area contributed by atoms with Crippen molar-refractivity contribution >= 4 is 11.6 Å². The molecule has 0 aromatic carbocycles. The maximum atomic E-state index is 10.9. The smallest absolute Gasteiger partial charge is 0.313 e. The first-order valence-corrected chi connectivity index (χ1v) is 4.82. The Hall–Kier alpha value is -2.57. The van der Waals surface area contributed by atoms with Gasteiger partial charge in [-0.2, -0.15) is 0 Å². The minimum atomic E-state index is -0.505. The zero-order chi connectivity index (χ0) is 12.3. The van der Waals surface area contributed by atoms with Gasteiger partial charge in [-0.15, -0.1) is 0 Å². The van der Waals surface area contributed by atoms with Crippen molar-refractivity contribution in [1.29, 1.82) is 0 Å². The van der Waals surface area contributed by atoms with Crippen molar-refractivity contribution in [2.75, 3.05) is 12.4 Å². The van der Waals surface area contributed by atoms with E-state index in [0.717, 1.165) is 0 Å². The van der Waals surface area contributed by atoms with E-state index >= 15 is 0 Å². The van der Waals surface area contributed by atoms with Crippen molar-refractivity contribution in [2.45, 2.75) is 0 Å². The molecule has 0 fully saturated rings. The zero-order valence-electron chi connectivity index (χ0n) is 8.99. The van der Waals surface area contributed by atoms with E-state index in [1.54, 1.807) is 31.6 Å². The molecule has 0 saturated carbocycles. The van der Waals surface area contributed by atoms with Gasteiger partial charge in [0.15, 0.2) is 5.69 Å². The summed E-state index contributed by atoms with van der Waals surface area (Å²) in [6, 6.07) is 3.32. The highest BCUT2D eigenvalue weighted by molar-refractivity contribution is 5.69. The van der Waals surface area contributed by atoms with Crippen LogP contribution in [0.5, 0.6) is 0 Å². The summed E-state index contributed by atoms with van der Waals surface area (Å²) in [5.74, 6) is 0.336. The summed E-state index contributed by atoms with van der Waals surface area (Å²) in [6.45, 7) is 0. The Morgan fingerprint density at radius 2 is 2.06 bits per heavy atom. The highest BCUT2D eigenvalue weighted by Crippen LogP contribution is 2.27. The molecule has 0 aliphatic carbocycles. The van der Waals surface area contributed by atoms with Gasteiger partial charge in [-0.3, -0.25) is 15.1 Å². The molecule has 17 heavy (non-hydrogen) atoms. The summed E-state index contributed by atoms with van der Waals surface area (Å²) in [5.41, 5.74) is 0.776. The molecule has 0 aliphatic heterocycles. The van der Waals surface area contributed by atoms with Crippen LogP contribution in [0.25, 0.3) is 11.3 Å². The molecule has 2 heterocycles. The normalized spacial score (nSPS) is 9.94. The lowest BCUT2D eigenvalue weighted by Crippen LogP contribution is -2.01. The second-order valence-electron chi connectivity index (χ2n) is 3.17. The predicted octanol–water partition coefficient (Wildman–Crippen LogP) is 1.49. The molecule has 0 radical (unpaired) electrons. The monoisotopic (exact) mass is 231 g/mol. The van der Waals surface area contributed by atoms with Gasteiger partial charge >= 0.3 is 5.69 Å². The van der Waals surface area contributed by atoms with E-state index in [0.29, 0.717) is 11.5 Å². The van der Waals surface area contributed by atoms with Crippen LogP contribution in [-0.2, 0) is 0 Å². The lowest BCUT2D eigenvalue weighted by Gasteiger charge is -2.03. The Morgan fingerprint density at radius 1 is 1.35 bits per heavy atom. The summed E-state index contributed by atoms with van der Waals surface area (Å²) in [4.78, 5) is 22.2. The Labute approximate surface area is 96.7 Å². The molecule has 0 unspecified atom stereocenters. The van der Waals surface area contributed by atoms with Crippen molar-refractivity contribution in [3.63, 3.8) is 0 Å². The van der Waals surface area contributed by atoms with Crippen molar-refractivity contribution in [3.8, 4) is 11.3 Å². The predicted molar refractivity (Wildman–Crippen MR) is 61.5 cm³/mol. The van der Waals surface area contributed by atoms with Gasteiger partial charge in [-0.25, -0.2) is 9.97 Å². The standard InChI is InChI=1S/C10H9N5O2/c1-11-10-13-6-8(15(16)17)9(14-10)7-2-4-12-5-3-7/h2-6H,1H3,(H,11,13,14). The fourth-order valence-electron chi connectivity index (χ4n) is 1.35. The van der Waals surface area contributed by atoms with Gasteiger partial charge in [0.2, 0.25) is 5.95 Å². The van der Waals surface area contributed by atoms with Gasteiger partial charge in [0.05, 0.1) is 4.92 Å². The van der Waals surface area contributed by atoms with Gasteiger partial charge < -0.3 is 5.32 Å². The number of pyridine rings is 1. The fourth-order valence-corrected chi connectivity index (χ4v) is 1.35. The van der Waals surface area contributed by atoms with Crippen molar-refractivity contribution in [3.05, 3.63) is 40.8 Å². The van der Waals surface area contributed by atoms with Gasteiger partial charge in [0, 0.05) is 25.0 Å². The number of rotatable bonds is 3. The molecule has 7 nitrogen and oxygen atoms in total. The Kier molecular flexibility index (Phi) is 2.91. The van der Waals surface area contributed by atoms with E-state index in [1.807, 2.05) is 0 Å². The van der Waals surface area contributed by atoms with Crippen LogP contribution < -0.4 is 5.32 Å². The van der Waals surface area contributed by atoms with E-state index < -0.39 is 4.92 Å². The summed E-state index contributed by atoms with van der Waals surface area (Å²) in [7, 11) is 1.65. The average molecular weight is 231 g/mol. The second kappa shape index (κ2) is 4.52. The number of nitrogens with zero attached hydrogens (tertiary/aromatic N) is 4. The molecule has 2 rings (SSSR count). The van der Waals surface area contributed by atoms with Crippen LogP contribution in [0.2, 0.25) is 0 Å². The minimum Gasteiger partial charge on any atom is -0.357 e. The Bertz CT molecular complexity index is 544. The summed E-state index contributed by atoms with van der Waals surface area (Å²) in [6.07, 6.45) is 4.30. The number of hydrogen-bond donors (Lipinski definition) is 1. The van der Waals surface area contributed by atoms with E-state index in [1.165, 1.54) is 6.20 Å². The molecule has 7 heteroatoms. The van der Waals surface area contributed by atoms with Crippen LogP contribution in [0.3, 0.4) is 0 Å². The highest BCUT2D eigenvalue weighted by Gasteiger charge is 2.18. The van der Waals surface area contributed by atoms with Crippen molar-refractivity contribution in [2.24, 2.45) is 0 Å². The third kappa shape index (κ3) is 2.17. The van der Waals surface area contributed by atoms with E-state index in [9.17, 15) is 10.1 Å². The SMILES string of the molecule is CNc1ncc([N+](=O)[O-])c(-c2ccncc2)n1. The first-order valence-electron chi connectivity index (χ1n) is 4.82. The largest absolute Gasteiger partial charge is 0.357 e. The van der Waals surface area contributed by atoms with Crippen LogP contribution in [-0.4, -0.2) is 26.9 Å². The molecule has 0 spiro atoms. The molecule has 0 saturated heterocycles. The topological polar surface area (TPSA) is 93.8 Å². The molecular formula is C10H9N5O2. The summed E-state index contributed by atoms with van der Waals surface area (Å²) in [5, 5.41) is 13.6. The third-order valence-electron chi connectivity index (χ3n) is 2.14. The maximum absolute atomic E-state index is 10.9. The Balaban J connectivity index is 2.61. The van der Waals surface area contributed by atoms with E-state index in [4.69, 9.17) is 0 Å². The van der Waals surface area contributed by atoms with Crippen LogP contribution in [0.4, 0.5) is 11.6 Å². The molecule has 0 bridgehead atoms. The second-order valence-corrected chi connectivity index (χ2v) is 3.17. The molecule has 2 aromatic heterocycles. The molecule has 2 aromatic rings.